The highest BCUT2D eigenvalue weighted by Crippen LogP contribution is 2.23. The van der Waals surface area contributed by atoms with Crippen molar-refractivity contribution < 1.29 is 9.53 Å². The number of halogens is 1. The van der Waals surface area contributed by atoms with Gasteiger partial charge in [0.05, 0.1) is 11.4 Å². The highest BCUT2D eigenvalue weighted by molar-refractivity contribution is 6.21. The molecule has 5 heteroatoms. The lowest BCUT2D eigenvalue weighted by atomic mass is 10.2. The van der Waals surface area contributed by atoms with Crippen molar-refractivity contribution in [2.75, 3.05) is 6.54 Å². The van der Waals surface area contributed by atoms with Crippen molar-refractivity contribution in [1.82, 2.24) is 4.90 Å². The van der Waals surface area contributed by atoms with Crippen LogP contribution in [0.25, 0.3) is 0 Å². The van der Waals surface area contributed by atoms with Crippen LogP contribution in [0.2, 0.25) is 0 Å². The normalized spacial score (nSPS) is 26.2. The summed E-state index contributed by atoms with van der Waals surface area (Å²) in [7, 11) is 0. The van der Waals surface area contributed by atoms with Crippen molar-refractivity contribution in [3.63, 3.8) is 0 Å². The zero-order valence-electron chi connectivity index (χ0n) is 9.16. The van der Waals surface area contributed by atoms with Crippen LogP contribution in [0.3, 0.4) is 0 Å². The third-order valence-electron chi connectivity index (χ3n) is 2.03. The van der Waals surface area contributed by atoms with Crippen LogP contribution in [0.4, 0.5) is 4.79 Å². The molecule has 1 amide bonds. The van der Waals surface area contributed by atoms with Crippen molar-refractivity contribution in [2.45, 2.75) is 44.2 Å². The molecule has 84 valence electrons. The number of carbonyl (C=O) groups is 1. The van der Waals surface area contributed by atoms with E-state index in [1.807, 2.05) is 0 Å². The van der Waals surface area contributed by atoms with Crippen LogP contribution in [0.1, 0.15) is 27.2 Å². The fourth-order valence-corrected chi connectivity index (χ4v) is 1.75. The maximum absolute atomic E-state index is 11.7. The maximum Gasteiger partial charge on any atom is 0.411 e. The number of carbonyl (C=O) groups excluding carboxylic acids is 1. The van der Waals surface area contributed by atoms with Gasteiger partial charge in [-0.25, -0.2) is 4.79 Å². The molecule has 1 heterocycles. The number of ether oxygens (including phenoxy) is 1. The van der Waals surface area contributed by atoms with E-state index >= 15 is 0 Å². The third-order valence-corrected chi connectivity index (χ3v) is 2.34. The minimum atomic E-state index is -0.540. The lowest BCUT2D eigenvalue weighted by Gasteiger charge is -2.25. The van der Waals surface area contributed by atoms with Crippen molar-refractivity contribution in [2.24, 2.45) is 0 Å². The average Bonchev–Trinajstić information content (AvgIpc) is 2.43. The number of rotatable bonds is 0. The average molecular weight is 231 g/mol. The molecule has 1 saturated heterocycles. The Labute approximate surface area is 94.7 Å². The molecule has 0 aliphatic carbocycles. The van der Waals surface area contributed by atoms with E-state index in [0.717, 1.165) is 0 Å². The van der Waals surface area contributed by atoms with E-state index in [9.17, 15) is 4.79 Å². The Kier molecular flexibility index (Phi) is 3.46. The number of amides is 1. The molecule has 1 rings (SSSR count). The number of likely N-dealkylation sites (tertiary alicyclic amines) is 1. The van der Waals surface area contributed by atoms with Gasteiger partial charge in [0.1, 0.15) is 11.6 Å². The third kappa shape index (κ3) is 3.28. The summed E-state index contributed by atoms with van der Waals surface area (Å²) in [6.45, 7) is 5.76. The van der Waals surface area contributed by atoms with Crippen molar-refractivity contribution in [1.29, 1.82) is 5.26 Å². The number of nitrogens with zero attached hydrogens (tertiary/aromatic N) is 2. The Morgan fingerprint density at radius 2 is 2.20 bits per heavy atom. The summed E-state index contributed by atoms with van der Waals surface area (Å²) in [6.07, 6.45) is 0.0503. The molecule has 0 aromatic rings. The molecular formula is C10H15ClN2O2. The fourth-order valence-electron chi connectivity index (χ4n) is 1.43. The van der Waals surface area contributed by atoms with Gasteiger partial charge in [0.25, 0.3) is 0 Å². The number of hydrogen-bond donors (Lipinski definition) is 0. The summed E-state index contributed by atoms with van der Waals surface area (Å²) in [5, 5.41) is 8.69. The highest BCUT2D eigenvalue weighted by atomic mass is 35.5. The van der Waals surface area contributed by atoms with Gasteiger partial charge >= 0.3 is 6.09 Å². The van der Waals surface area contributed by atoms with E-state index in [2.05, 4.69) is 6.07 Å². The second-order valence-electron chi connectivity index (χ2n) is 4.61. The maximum atomic E-state index is 11.7. The van der Waals surface area contributed by atoms with Gasteiger partial charge in [-0.3, -0.25) is 4.90 Å². The van der Waals surface area contributed by atoms with Crippen LogP contribution < -0.4 is 0 Å². The van der Waals surface area contributed by atoms with E-state index in [0.29, 0.717) is 13.0 Å². The molecule has 0 aromatic carbocycles. The Morgan fingerprint density at radius 1 is 1.60 bits per heavy atom. The molecule has 0 bridgehead atoms. The minimum Gasteiger partial charge on any atom is -0.444 e. The SMILES string of the molecule is CC(C)(C)OC(=O)N1C[C@@H](Cl)C[C@H]1C#N. The Balaban J connectivity index is 2.64. The second kappa shape index (κ2) is 4.28. The number of hydrogen-bond acceptors (Lipinski definition) is 3. The van der Waals surface area contributed by atoms with Crippen LogP contribution in [-0.2, 0) is 4.74 Å². The quantitative estimate of drug-likeness (QED) is 0.599. The van der Waals surface area contributed by atoms with E-state index in [1.54, 1.807) is 20.8 Å². The first-order valence-corrected chi connectivity index (χ1v) is 5.30. The first kappa shape index (κ1) is 12.1. The van der Waals surface area contributed by atoms with Crippen molar-refractivity contribution in [3.8, 4) is 6.07 Å². The largest absolute Gasteiger partial charge is 0.444 e. The molecule has 1 aliphatic rings. The van der Waals surface area contributed by atoms with Gasteiger partial charge in [0, 0.05) is 6.54 Å². The predicted molar refractivity (Wildman–Crippen MR) is 56.6 cm³/mol. The second-order valence-corrected chi connectivity index (χ2v) is 5.23. The summed E-state index contributed by atoms with van der Waals surface area (Å²) < 4.78 is 5.18. The summed E-state index contributed by atoms with van der Waals surface area (Å²) in [4.78, 5) is 13.1. The van der Waals surface area contributed by atoms with Gasteiger partial charge in [-0.1, -0.05) is 0 Å². The van der Waals surface area contributed by atoms with Gasteiger partial charge in [-0.15, -0.1) is 11.6 Å². The smallest absolute Gasteiger partial charge is 0.411 e. The minimum absolute atomic E-state index is 0.151. The van der Waals surface area contributed by atoms with E-state index in [4.69, 9.17) is 21.6 Å². The van der Waals surface area contributed by atoms with Gasteiger partial charge in [-0.2, -0.15) is 5.26 Å². The Morgan fingerprint density at radius 3 is 2.67 bits per heavy atom. The molecular weight excluding hydrogens is 216 g/mol. The molecule has 0 N–H and O–H groups in total. The molecule has 4 nitrogen and oxygen atoms in total. The molecule has 0 spiro atoms. The zero-order valence-corrected chi connectivity index (χ0v) is 9.91. The first-order valence-electron chi connectivity index (χ1n) is 4.87. The summed E-state index contributed by atoms with van der Waals surface area (Å²) in [5.41, 5.74) is -0.540. The summed E-state index contributed by atoms with van der Waals surface area (Å²) in [5.74, 6) is 0. The number of alkyl halides is 1. The number of nitriles is 1. The standard InChI is InChI=1S/C10H15ClN2O2/c1-10(2,3)15-9(14)13-6-7(11)4-8(13)5-12/h7-8H,4,6H2,1-3H3/t7-,8-/m0/s1. The monoisotopic (exact) mass is 230 g/mol. The lowest BCUT2D eigenvalue weighted by molar-refractivity contribution is 0.0260. The van der Waals surface area contributed by atoms with Gasteiger partial charge in [-0.05, 0) is 27.2 Å². The molecule has 1 fully saturated rings. The summed E-state index contributed by atoms with van der Waals surface area (Å²) >= 11 is 5.90. The van der Waals surface area contributed by atoms with Crippen LogP contribution in [-0.4, -0.2) is 34.6 Å². The van der Waals surface area contributed by atoms with Crippen LogP contribution in [0.5, 0.6) is 0 Å². The fraction of sp³-hybridized carbons (Fsp3) is 0.800. The molecule has 0 radical (unpaired) electrons. The Bertz CT molecular complexity index is 293. The summed E-state index contributed by atoms with van der Waals surface area (Å²) in [6, 6.07) is 1.60. The molecule has 0 unspecified atom stereocenters. The van der Waals surface area contributed by atoms with E-state index in [1.165, 1.54) is 4.90 Å². The molecule has 1 aliphatic heterocycles. The zero-order chi connectivity index (χ0) is 11.6. The topological polar surface area (TPSA) is 53.3 Å². The van der Waals surface area contributed by atoms with Gasteiger partial charge in [0.15, 0.2) is 0 Å². The Hall–Kier alpha value is -0.950. The van der Waals surface area contributed by atoms with E-state index < -0.39 is 17.7 Å². The molecule has 0 saturated carbocycles. The predicted octanol–water partition coefficient (Wildman–Crippen LogP) is 2.13. The lowest BCUT2D eigenvalue weighted by Crippen LogP contribution is -2.39. The van der Waals surface area contributed by atoms with Crippen molar-refractivity contribution >= 4 is 17.7 Å². The van der Waals surface area contributed by atoms with Crippen LogP contribution in [0.15, 0.2) is 0 Å². The van der Waals surface area contributed by atoms with Gasteiger partial charge in [0.2, 0.25) is 0 Å². The van der Waals surface area contributed by atoms with Gasteiger partial charge < -0.3 is 4.74 Å². The van der Waals surface area contributed by atoms with E-state index in [-0.39, 0.29) is 5.38 Å². The first-order chi connectivity index (χ1) is 6.83. The molecule has 0 aromatic heterocycles. The highest BCUT2D eigenvalue weighted by Gasteiger charge is 2.36. The van der Waals surface area contributed by atoms with Crippen molar-refractivity contribution in [3.05, 3.63) is 0 Å². The van der Waals surface area contributed by atoms with Crippen LogP contribution >= 0.6 is 11.6 Å². The van der Waals surface area contributed by atoms with Crippen LogP contribution in [0, 0.1) is 11.3 Å². The molecule has 15 heavy (non-hydrogen) atoms. The molecule has 2 atom stereocenters.